The Bertz CT molecular complexity index is 559. The average molecular weight is 254 g/mol. The first-order chi connectivity index (χ1) is 9.33. The van der Waals surface area contributed by atoms with E-state index < -0.39 is 0 Å². The third kappa shape index (κ3) is 2.60. The van der Waals surface area contributed by atoms with E-state index in [0.29, 0.717) is 0 Å². The molecule has 0 aliphatic heterocycles. The quantitative estimate of drug-likeness (QED) is 0.758. The Morgan fingerprint density at radius 1 is 1.05 bits per heavy atom. The second kappa shape index (κ2) is 5.14. The molecule has 1 saturated carbocycles. The lowest BCUT2D eigenvalue weighted by atomic mass is 9.87. The van der Waals surface area contributed by atoms with Crippen LogP contribution < -0.4 is 0 Å². The average Bonchev–Trinajstić information content (AvgIpc) is 3.07. The number of carbonyl (C=O) groups excluding carboxylic acids is 1. The van der Waals surface area contributed by atoms with Gasteiger partial charge in [-0.05, 0) is 49.6 Å². The molecule has 1 aliphatic carbocycles. The molecule has 0 atom stereocenters. The van der Waals surface area contributed by atoms with Crippen LogP contribution in [0.5, 0.6) is 0 Å². The van der Waals surface area contributed by atoms with E-state index in [-0.39, 0.29) is 5.78 Å². The lowest BCUT2D eigenvalue weighted by Gasteiger charge is -2.15. The van der Waals surface area contributed by atoms with Gasteiger partial charge in [-0.3, -0.25) is 4.79 Å². The summed E-state index contributed by atoms with van der Waals surface area (Å²) in [5.74, 6) is 0.844. The van der Waals surface area contributed by atoms with Crippen molar-refractivity contribution in [2.45, 2.75) is 19.3 Å². The zero-order chi connectivity index (χ0) is 13.1. The Balaban J connectivity index is 1.87. The van der Waals surface area contributed by atoms with E-state index in [9.17, 15) is 4.79 Å². The van der Waals surface area contributed by atoms with E-state index >= 15 is 0 Å². The minimum atomic E-state index is 0.115. The van der Waals surface area contributed by atoms with Gasteiger partial charge >= 0.3 is 0 Å². The number of Topliss-reactive ketones (excluding diaryl/α,β-unsaturated/α-hetero) is 1. The number of carbonyl (C=O) groups is 1. The predicted molar refractivity (Wildman–Crippen MR) is 72.2 cm³/mol. The van der Waals surface area contributed by atoms with Gasteiger partial charge in [0.2, 0.25) is 0 Å². The van der Waals surface area contributed by atoms with Crippen molar-refractivity contribution in [3.05, 3.63) is 59.5 Å². The minimum absolute atomic E-state index is 0.115. The highest BCUT2D eigenvalue weighted by Gasteiger charge is 2.20. The molecule has 1 aliphatic rings. The van der Waals surface area contributed by atoms with Crippen LogP contribution in [0.4, 0.5) is 0 Å². The molecule has 0 bridgehead atoms. The number of hydrogen-bond acceptors (Lipinski definition) is 3. The molecule has 2 aromatic rings. The van der Waals surface area contributed by atoms with E-state index in [4.69, 9.17) is 8.83 Å². The van der Waals surface area contributed by atoms with Crippen molar-refractivity contribution in [2.24, 2.45) is 0 Å². The van der Waals surface area contributed by atoms with E-state index in [0.717, 1.165) is 41.7 Å². The zero-order valence-corrected chi connectivity index (χ0v) is 10.5. The van der Waals surface area contributed by atoms with Gasteiger partial charge in [-0.15, -0.1) is 0 Å². The Kier molecular flexibility index (Phi) is 3.19. The van der Waals surface area contributed by atoms with Crippen LogP contribution in [0, 0.1) is 0 Å². The number of allylic oxidation sites excluding steroid dienone is 2. The van der Waals surface area contributed by atoms with Crippen LogP contribution in [0.2, 0.25) is 0 Å². The van der Waals surface area contributed by atoms with Crippen LogP contribution in [0.15, 0.2) is 57.0 Å². The van der Waals surface area contributed by atoms with Gasteiger partial charge < -0.3 is 8.83 Å². The third-order valence-electron chi connectivity index (χ3n) is 3.22. The molecule has 0 N–H and O–H groups in total. The fraction of sp³-hybridized carbons (Fsp3) is 0.188. The lowest BCUT2D eigenvalue weighted by molar-refractivity contribution is -0.112. The van der Waals surface area contributed by atoms with E-state index in [1.807, 2.05) is 30.4 Å². The molecular formula is C16H14O3. The molecule has 0 spiro atoms. The summed E-state index contributed by atoms with van der Waals surface area (Å²) in [7, 11) is 0. The maximum absolute atomic E-state index is 12.4. The molecule has 2 heterocycles. The Hall–Kier alpha value is -2.29. The molecule has 19 heavy (non-hydrogen) atoms. The first-order valence-corrected chi connectivity index (χ1v) is 6.34. The van der Waals surface area contributed by atoms with Gasteiger partial charge in [0.05, 0.1) is 18.8 Å². The molecule has 0 unspecified atom stereocenters. The van der Waals surface area contributed by atoms with Crippen molar-refractivity contribution in [3.63, 3.8) is 0 Å². The van der Waals surface area contributed by atoms with E-state index in [1.165, 1.54) is 0 Å². The normalized spacial score (nSPS) is 20.3. The van der Waals surface area contributed by atoms with Gasteiger partial charge in [0.1, 0.15) is 5.76 Å². The summed E-state index contributed by atoms with van der Waals surface area (Å²) in [6.07, 6.45) is 11.2. The lowest BCUT2D eigenvalue weighted by Crippen LogP contribution is -2.12. The molecule has 1 fully saturated rings. The van der Waals surface area contributed by atoms with Crippen molar-refractivity contribution in [2.75, 3.05) is 0 Å². The standard InChI is InChI=1S/C16H14O3/c17-16-13(9-12-6-8-18-11-12)3-1-4-14(16)10-15-5-2-7-19-15/h2,5-11H,1,3-4H2/b13-9+,14-10-. The summed E-state index contributed by atoms with van der Waals surface area (Å²) in [5.41, 5.74) is 2.59. The van der Waals surface area contributed by atoms with Crippen LogP contribution in [0.25, 0.3) is 12.2 Å². The monoisotopic (exact) mass is 254 g/mol. The summed E-state index contributed by atoms with van der Waals surface area (Å²) in [6.45, 7) is 0. The third-order valence-corrected chi connectivity index (χ3v) is 3.22. The Morgan fingerprint density at radius 3 is 2.58 bits per heavy atom. The highest BCUT2D eigenvalue weighted by molar-refractivity contribution is 6.13. The summed E-state index contributed by atoms with van der Waals surface area (Å²) >= 11 is 0. The van der Waals surface area contributed by atoms with Crippen LogP contribution in [-0.2, 0) is 4.79 Å². The molecular weight excluding hydrogens is 240 g/mol. The van der Waals surface area contributed by atoms with Crippen molar-refractivity contribution in [1.82, 2.24) is 0 Å². The maximum atomic E-state index is 12.4. The van der Waals surface area contributed by atoms with Crippen LogP contribution >= 0.6 is 0 Å². The smallest absolute Gasteiger partial charge is 0.185 e. The molecule has 2 aromatic heterocycles. The first-order valence-electron chi connectivity index (χ1n) is 6.34. The summed E-state index contributed by atoms with van der Waals surface area (Å²) in [4.78, 5) is 12.4. The predicted octanol–water partition coefficient (Wildman–Crippen LogP) is 4.09. The molecule has 3 rings (SSSR count). The van der Waals surface area contributed by atoms with Crippen molar-refractivity contribution >= 4 is 17.9 Å². The van der Waals surface area contributed by atoms with Gasteiger partial charge in [-0.25, -0.2) is 0 Å². The summed E-state index contributed by atoms with van der Waals surface area (Å²) in [6, 6.07) is 5.53. The Morgan fingerprint density at radius 2 is 1.89 bits per heavy atom. The van der Waals surface area contributed by atoms with Gasteiger partial charge in [0.15, 0.2) is 5.78 Å². The second-order valence-corrected chi connectivity index (χ2v) is 4.59. The SMILES string of the molecule is O=C1/C(=C\c2ccco2)CCC/C1=C\c1ccoc1. The molecule has 0 aromatic carbocycles. The second-order valence-electron chi connectivity index (χ2n) is 4.59. The number of furan rings is 2. The molecule has 0 amide bonds. The largest absolute Gasteiger partial charge is 0.472 e. The first kappa shape index (κ1) is 11.8. The van der Waals surface area contributed by atoms with Crippen LogP contribution in [-0.4, -0.2) is 5.78 Å². The molecule has 3 heteroatoms. The summed E-state index contributed by atoms with van der Waals surface area (Å²) in [5, 5.41) is 0. The number of hydrogen-bond donors (Lipinski definition) is 0. The van der Waals surface area contributed by atoms with E-state index in [1.54, 1.807) is 18.8 Å². The Labute approximate surface area is 111 Å². The molecule has 3 nitrogen and oxygen atoms in total. The van der Waals surface area contributed by atoms with Crippen molar-refractivity contribution in [3.8, 4) is 0 Å². The van der Waals surface area contributed by atoms with Gasteiger partial charge in [-0.1, -0.05) is 0 Å². The van der Waals surface area contributed by atoms with Gasteiger partial charge in [-0.2, -0.15) is 0 Å². The fourth-order valence-electron chi connectivity index (χ4n) is 2.28. The highest BCUT2D eigenvalue weighted by Crippen LogP contribution is 2.28. The van der Waals surface area contributed by atoms with Crippen molar-refractivity contribution < 1.29 is 13.6 Å². The molecule has 0 radical (unpaired) electrons. The topological polar surface area (TPSA) is 43.4 Å². The maximum Gasteiger partial charge on any atom is 0.185 e. The zero-order valence-electron chi connectivity index (χ0n) is 10.5. The highest BCUT2D eigenvalue weighted by atomic mass is 16.3. The van der Waals surface area contributed by atoms with Crippen LogP contribution in [0.1, 0.15) is 30.6 Å². The fourth-order valence-corrected chi connectivity index (χ4v) is 2.28. The number of rotatable bonds is 2. The number of ketones is 1. The molecule has 0 saturated heterocycles. The molecule has 96 valence electrons. The summed E-state index contributed by atoms with van der Waals surface area (Å²) < 4.78 is 10.3. The van der Waals surface area contributed by atoms with Crippen molar-refractivity contribution in [1.29, 1.82) is 0 Å². The van der Waals surface area contributed by atoms with Crippen LogP contribution in [0.3, 0.4) is 0 Å². The van der Waals surface area contributed by atoms with Gasteiger partial charge in [0.25, 0.3) is 0 Å². The minimum Gasteiger partial charge on any atom is -0.472 e. The van der Waals surface area contributed by atoms with Gasteiger partial charge in [0, 0.05) is 16.7 Å². The van der Waals surface area contributed by atoms with E-state index in [2.05, 4.69) is 0 Å².